The summed E-state index contributed by atoms with van der Waals surface area (Å²) in [5, 5.41) is 16.9. The van der Waals surface area contributed by atoms with E-state index in [-0.39, 0.29) is 51.4 Å². The molecule has 1 atom stereocenters. The lowest BCUT2D eigenvalue weighted by Gasteiger charge is -2.31. The van der Waals surface area contributed by atoms with E-state index >= 15 is 0 Å². The molecule has 240 valence electrons. The Hall–Kier alpha value is -4.86. The average molecular weight is 640 g/mol. The lowest BCUT2D eigenvalue weighted by molar-refractivity contribution is -0.265. The number of ether oxygens (including phenoxy) is 2. The smallest absolute Gasteiger partial charge is 0.424 e. The Bertz CT molecular complexity index is 1710. The Balaban J connectivity index is 1.79. The summed E-state index contributed by atoms with van der Waals surface area (Å²) in [5.74, 6) is -2.89. The van der Waals surface area contributed by atoms with Gasteiger partial charge in [-0.1, -0.05) is 6.92 Å². The first-order chi connectivity index (χ1) is 21.2. The van der Waals surface area contributed by atoms with Crippen molar-refractivity contribution in [2.45, 2.75) is 38.1 Å². The van der Waals surface area contributed by atoms with Crippen LogP contribution in [0.2, 0.25) is 0 Å². The quantitative estimate of drug-likeness (QED) is 0.192. The van der Waals surface area contributed by atoms with Gasteiger partial charge < -0.3 is 25.6 Å². The van der Waals surface area contributed by atoms with Crippen molar-refractivity contribution in [2.24, 2.45) is 5.73 Å². The maximum Gasteiger partial charge on any atom is 0.424 e. The number of rotatable bonds is 12. The molecule has 0 radical (unpaired) electrons. The third-order valence-electron chi connectivity index (χ3n) is 6.65. The van der Waals surface area contributed by atoms with Crippen LogP contribution < -0.4 is 20.5 Å². The third kappa shape index (κ3) is 6.95. The molecular weight excluding hydrogens is 612 g/mol. The molecule has 2 heterocycles. The second-order valence-electron chi connectivity index (χ2n) is 9.89. The average Bonchev–Trinajstić information content (AvgIpc) is 3.43. The second-order valence-corrected chi connectivity index (χ2v) is 9.89. The van der Waals surface area contributed by atoms with Crippen molar-refractivity contribution in [3.63, 3.8) is 0 Å². The van der Waals surface area contributed by atoms with Crippen molar-refractivity contribution >= 4 is 22.7 Å². The lowest BCUT2D eigenvalue weighted by Crippen LogP contribution is -2.51. The standard InChI is InChI=1S/C29H27F6N5O5/c1-3-8-45-25-16(12-22(36)41)11-21(38-24(25)15-4-6-19(30)7-5-15)28(43,29(33,34)35)14-37-26(42)17-9-18-13-40(27(31)32)39-23(18)20(10-17)44-2/h4-7,9-11,13,27,43H,3,8,12,14H2,1-2H3,(H2,36,41)(H,37,42)/t28-/m0/s1. The highest BCUT2D eigenvalue weighted by Gasteiger charge is 2.56. The number of benzene rings is 2. The van der Waals surface area contributed by atoms with Gasteiger partial charge in [-0.15, -0.1) is 0 Å². The van der Waals surface area contributed by atoms with Crippen LogP contribution in [0, 0.1) is 5.82 Å². The molecule has 45 heavy (non-hydrogen) atoms. The van der Waals surface area contributed by atoms with Gasteiger partial charge >= 0.3 is 12.7 Å². The molecule has 2 aromatic carbocycles. The fourth-order valence-electron chi connectivity index (χ4n) is 4.44. The summed E-state index contributed by atoms with van der Waals surface area (Å²) in [5.41, 5.74) is -0.0651. The van der Waals surface area contributed by atoms with Gasteiger partial charge in [-0.3, -0.25) is 9.59 Å². The molecule has 0 saturated heterocycles. The Morgan fingerprint density at radius 1 is 1.13 bits per heavy atom. The minimum Gasteiger partial charge on any atom is -0.494 e. The fraction of sp³-hybridized carbons (Fsp3) is 0.310. The predicted molar refractivity (Wildman–Crippen MR) is 148 cm³/mol. The number of carbonyl (C=O) groups is 2. The van der Waals surface area contributed by atoms with Gasteiger partial charge in [-0.2, -0.15) is 27.1 Å². The molecular formula is C29H27F6N5O5. The van der Waals surface area contributed by atoms with Gasteiger partial charge in [-0.25, -0.2) is 14.1 Å². The van der Waals surface area contributed by atoms with Crippen LogP contribution >= 0.6 is 0 Å². The van der Waals surface area contributed by atoms with E-state index in [9.17, 15) is 41.0 Å². The van der Waals surface area contributed by atoms with E-state index in [1.54, 1.807) is 6.92 Å². The van der Waals surface area contributed by atoms with Crippen LogP contribution in [0.5, 0.6) is 11.5 Å². The number of alkyl halides is 5. The summed E-state index contributed by atoms with van der Waals surface area (Å²) in [4.78, 5) is 29.0. The summed E-state index contributed by atoms with van der Waals surface area (Å²) in [6, 6.07) is 7.52. The van der Waals surface area contributed by atoms with Crippen molar-refractivity contribution in [3.8, 4) is 22.8 Å². The first-order valence-electron chi connectivity index (χ1n) is 13.3. The molecule has 0 fully saturated rings. The number of fused-ring (bicyclic) bond motifs is 1. The van der Waals surface area contributed by atoms with E-state index in [4.69, 9.17) is 15.2 Å². The Morgan fingerprint density at radius 3 is 2.40 bits per heavy atom. The van der Waals surface area contributed by atoms with Gasteiger partial charge in [-0.05, 0) is 48.9 Å². The summed E-state index contributed by atoms with van der Waals surface area (Å²) in [7, 11) is 1.18. The molecule has 0 aliphatic carbocycles. The van der Waals surface area contributed by atoms with Crippen LogP contribution in [-0.4, -0.2) is 58.1 Å². The normalized spacial score (nSPS) is 13.1. The number of nitrogens with one attached hydrogen (secondary N) is 1. The molecule has 4 rings (SSSR count). The summed E-state index contributed by atoms with van der Waals surface area (Å²) in [6.45, 7) is -2.64. The van der Waals surface area contributed by atoms with E-state index in [0.717, 1.165) is 36.5 Å². The molecule has 2 amide bonds. The van der Waals surface area contributed by atoms with Crippen molar-refractivity contribution in [2.75, 3.05) is 20.3 Å². The van der Waals surface area contributed by atoms with Gasteiger partial charge in [0.1, 0.15) is 28.5 Å². The third-order valence-corrected chi connectivity index (χ3v) is 6.65. The van der Waals surface area contributed by atoms with E-state index < -0.39 is 54.6 Å². The van der Waals surface area contributed by atoms with Crippen molar-refractivity contribution in [1.82, 2.24) is 20.1 Å². The zero-order valence-corrected chi connectivity index (χ0v) is 23.8. The molecule has 4 aromatic rings. The summed E-state index contributed by atoms with van der Waals surface area (Å²) >= 11 is 0. The lowest BCUT2D eigenvalue weighted by atomic mass is 9.93. The van der Waals surface area contributed by atoms with Crippen LogP contribution in [-0.2, 0) is 16.8 Å². The first-order valence-corrected chi connectivity index (χ1v) is 13.3. The number of primary amides is 1. The van der Waals surface area contributed by atoms with Crippen LogP contribution in [0.25, 0.3) is 22.2 Å². The van der Waals surface area contributed by atoms with Crippen molar-refractivity contribution in [1.29, 1.82) is 0 Å². The maximum atomic E-state index is 14.6. The van der Waals surface area contributed by atoms with E-state index in [2.05, 4.69) is 10.1 Å². The largest absolute Gasteiger partial charge is 0.494 e. The van der Waals surface area contributed by atoms with Crippen LogP contribution in [0.1, 0.15) is 41.5 Å². The zero-order valence-electron chi connectivity index (χ0n) is 23.8. The number of amides is 2. The SMILES string of the molecule is CCCOc1c(CC(N)=O)cc([C@@](O)(CNC(=O)c2cc(OC)c3nn(C(F)F)cc3c2)C(F)(F)F)nc1-c1ccc(F)cc1. The summed E-state index contributed by atoms with van der Waals surface area (Å²) < 4.78 is 95.0. The highest BCUT2D eigenvalue weighted by atomic mass is 19.4. The molecule has 0 saturated carbocycles. The molecule has 0 bridgehead atoms. The monoisotopic (exact) mass is 639 g/mol. The Morgan fingerprint density at radius 2 is 1.82 bits per heavy atom. The molecule has 0 spiro atoms. The minimum absolute atomic E-state index is 0.0222. The second kappa shape index (κ2) is 13.0. The zero-order chi connectivity index (χ0) is 33.1. The minimum atomic E-state index is -5.44. The fourth-order valence-corrected chi connectivity index (χ4v) is 4.44. The van der Waals surface area contributed by atoms with Crippen molar-refractivity contribution < 1.29 is 50.5 Å². The molecule has 0 aliphatic heterocycles. The molecule has 0 unspecified atom stereocenters. The number of nitrogens with zero attached hydrogens (tertiary/aromatic N) is 3. The van der Waals surface area contributed by atoms with Crippen LogP contribution in [0.4, 0.5) is 26.3 Å². The highest BCUT2D eigenvalue weighted by Crippen LogP contribution is 2.42. The number of pyridine rings is 1. The van der Waals surface area contributed by atoms with Gasteiger partial charge in [0.05, 0.1) is 32.4 Å². The van der Waals surface area contributed by atoms with E-state index in [1.165, 1.54) is 19.2 Å². The van der Waals surface area contributed by atoms with E-state index in [0.29, 0.717) is 11.1 Å². The number of hydrogen-bond acceptors (Lipinski definition) is 7. The number of aromatic nitrogens is 3. The number of halogens is 6. The molecule has 2 aromatic heterocycles. The van der Waals surface area contributed by atoms with Gasteiger partial charge in [0.25, 0.3) is 5.91 Å². The number of nitrogens with two attached hydrogens (primary N) is 1. The van der Waals surface area contributed by atoms with Gasteiger partial charge in [0, 0.05) is 28.3 Å². The molecule has 0 aliphatic rings. The summed E-state index contributed by atoms with van der Waals surface area (Å²) in [6.07, 6.45) is -4.65. The molecule has 4 N–H and O–H groups in total. The highest BCUT2D eigenvalue weighted by molar-refractivity contribution is 5.99. The number of hydrogen-bond donors (Lipinski definition) is 3. The Kier molecular flexibility index (Phi) is 9.56. The first kappa shape index (κ1) is 33.0. The van der Waals surface area contributed by atoms with Gasteiger partial charge in [0.2, 0.25) is 11.5 Å². The Labute approximate surface area is 251 Å². The van der Waals surface area contributed by atoms with Crippen LogP contribution in [0.3, 0.4) is 0 Å². The van der Waals surface area contributed by atoms with Crippen LogP contribution in [0.15, 0.2) is 48.7 Å². The number of aliphatic hydroxyl groups is 1. The number of methoxy groups -OCH3 is 1. The van der Waals surface area contributed by atoms with E-state index in [1.807, 2.05) is 5.32 Å². The molecule has 16 heteroatoms. The van der Waals surface area contributed by atoms with Gasteiger partial charge in [0.15, 0.2) is 0 Å². The maximum absolute atomic E-state index is 14.6. The molecule has 10 nitrogen and oxygen atoms in total. The number of carbonyl (C=O) groups excluding carboxylic acids is 2. The predicted octanol–water partition coefficient (Wildman–Crippen LogP) is 4.64. The van der Waals surface area contributed by atoms with Crippen molar-refractivity contribution in [3.05, 3.63) is 71.3 Å². The topological polar surface area (TPSA) is 142 Å².